The molecule has 0 radical (unpaired) electrons. The van der Waals surface area contributed by atoms with Crippen LogP contribution in [0.25, 0.3) is 0 Å². The number of hydrogen-bond acceptors (Lipinski definition) is 5. The van der Waals surface area contributed by atoms with E-state index in [1.165, 1.54) is 0 Å². The molecule has 1 aromatic heterocycles. The van der Waals surface area contributed by atoms with Crippen molar-refractivity contribution in [2.75, 3.05) is 25.1 Å². The Balaban J connectivity index is 2.10. The number of rotatable bonds is 3. The van der Waals surface area contributed by atoms with Gasteiger partial charge < -0.3 is 15.2 Å². The zero-order valence-electron chi connectivity index (χ0n) is 9.67. The molecule has 2 heterocycles. The Bertz CT molecular complexity index is 464. The van der Waals surface area contributed by atoms with Gasteiger partial charge in [-0.05, 0) is 11.6 Å². The molecule has 1 fully saturated rings. The van der Waals surface area contributed by atoms with E-state index in [1.807, 2.05) is 0 Å². The Hall–Kier alpha value is -1.12. The summed E-state index contributed by atoms with van der Waals surface area (Å²) in [5, 5.41) is 12.1. The fourth-order valence-electron chi connectivity index (χ4n) is 1.64. The van der Waals surface area contributed by atoms with Crippen molar-refractivity contribution in [3.8, 4) is 0 Å². The van der Waals surface area contributed by atoms with E-state index < -0.39 is 22.8 Å². The molecule has 9 heteroatoms. The lowest BCUT2D eigenvalue weighted by molar-refractivity contribution is -0.141. The van der Waals surface area contributed by atoms with Crippen LogP contribution in [-0.4, -0.2) is 40.4 Å². The number of nitrogens with zero attached hydrogens (tertiary/aromatic N) is 2. The van der Waals surface area contributed by atoms with Gasteiger partial charge in [0.2, 0.25) is 5.28 Å². The number of halogens is 4. The van der Waals surface area contributed by atoms with Gasteiger partial charge in [-0.15, -0.1) is 0 Å². The van der Waals surface area contributed by atoms with Crippen LogP contribution in [0.4, 0.5) is 19.0 Å². The second-order valence-electron chi connectivity index (χ2n) is 4.29. The van der Waals surface area contributed by atoms with Gasteiger partial charge >= 0.3 is 6.18 Å². The average Bonchev–Trinajstić information content (AvgIpc) is 2.72. The molecule has 0 bridgehead atoms. The predicted molar refractivity (Wildman–Crippen MR) is 60.9 cm³/mol. The Morgan fingerprint density at radius 2 is 2.21 bits per heavy atom. The molecular formula is C10H11ClF3N3O2. The minimum Gasteiger partial charge on any atom is -0.386 e. The van der Waals surface area contributed by atoms with Gasteiger partial charge in [0.05, 0.1) is 6.61 Å². The van der Waals surface area contributed by atoms with Gasteiger partial charge in [0.25, 0.3) is 0 Å². The quantitative estimate of drug-likeness (QED) is 0.832. The first-order chi connectivity index (χ1) is 8.78. The molecule has 1 aliphatic rings. The topological polar surface area (TPSA) is 67.3 Å². The van der Waals surface area contributed by atoms with Crippen molar-refractivity contribution in [3.63, 3.8) is 0 Å². The van der Waals surface area contributed by atoms with E-state index in [-0.39, 0.29) is 19.0 Å². The maximum Gasteiger partial charge on any atom is 0.433 e. The van der Waals surface area contributed by atoms with Crippen LogP contribution < -0.4 is 5.32 Å². The second kappa shape index (κ2) is 5.10. The Kier molecular flexibility index (Phi) is 3.84. The minimum absolute atomic E-state index is 0.0254. The van der Waals surface area contributed by atoms with Crippen LogP contribution in [0.1, 0.15) is 12.1 Å². The van der Waals surface area contributed by atoms with E-state index in [2.05, 4.69) is 15.3 Å². The third kappa shape index (κ3) is 3.68. The van der Waals surface area contributed by atoms with Gasteiger partial charge in [0.1, 0.15) is 11.4 Å². The molecule has 0 spiro atoms. The maximum absolute atomic E-state index is 12.5. The van der Waals surface area contributed by atoms with Crippen molar-refractivity contribution in [3.05, 3.63) is 17.0 Å². The molecule has 1 unspecified atom stereocenters. The monoisotopic (exact) mass is 297 g/mol. The zero-order chi connectivity index (χ0) is 14.1. The van der Waals surface area contributed by atoms with E-state index in [0.717, 1.165) is 6.07 Å². The molecule has 0 aromatic carbocycles. The summed E-state index contributed by atoms with van der Waals surface area (Å²) in [7, 11) is 0. The van der Waals surface area contributed by atoms with Crippen molar-refractivity contribution in [1.82, 2.24) is 9.97 Å². The lowest BCUT2D eigenvalue weighted by Crippen LogP contribution is -2.37. The van der Waals surface area contributed by atoms with Gasteiger partial charge in [-0.2, -0.15) is 13.2 Å². The summed E-state index contributed by atoms with van der Waals surface area (Å²) in [5.41, 5.74) is -2.24. The number of anilines is 1. The molecule has 19 heavy (non-hydrogen) atoms. The number of aliphatic hydroxyl groups is 1. The van der Waals surface area contributed by atoms with Crippen LogP contribution >= 0.6 is 11.6 Å². The summed E-state index contributed by atoms with van der Waals surface area (Å²) in [5.74, 6) is -0.0901. The van der Waals surface area contributed by atoms with Crippen molar-refractivity contribution in [2.45, 2.75) is 18.2 Å². The van der Waals surface area contributed by atoms with Crippen LogP contribution in [0.3, 0.4) is 0 Å². The summed E-state index contributed by atoms with van der Waals surface area (Å²) in [6, 6.07) is 0.741. The summed E-state index contributed by atoms with van der Waals surface area (Å²) < 4.78 is 42.6. The number of ether oxygens (including phenoxy) is 1. The molecule has 5 nitrogen and oxygen atoms in total. The normalized spacial score (nSPS) is 23.6. The predicted octanol–water partition coefficient (Wildman–Crippen LogP) is 1.71. The van der Waals surface area contributed by atoms with Crippen molar-refractivity contribution in [1.29, 1.82) is 0 Å². The highest BCUT2D eigenvalue weighted by molar-refractivity contribution is 6.28. The number of alkyl halides is 3. The first-order valence-electron chi connectivity index (χ1n) is 5.44. The van der Waals surface area contributed by atoms with Crippen LogP contribution in [0.5, 0.6) is 0 Å². The molecule has 106 valence electrons. The summed E-state index contributed by atoms with van der Waals surface area (Å²) in [6.07, 6.45) is -4.19. The Labute approximate surface area is 111 Å². The van der Waals surface area contributed by atoms with Crippen molar-refractivity contribution in [2.24, 2.45) is 0 Å². The molecule has 2 N–H and O–H groups in total. The first kappa shape index (κ1) is 14.3. The van der Waals surface area contributed by atoms with Crippen LogP contribution in [-0.2, 0) is 10.9 Å². The highest BCUT2D eigenvalue weighted by Gasteiger charge is 2.35. The van der Waals surface area contributed by atoms with Gasteiger partial charge in [-0.1, -0.05) is 0 Å². The highest BCUT2D eigenvalue weighted by Crippen LogP contribution is 2.29. The lowest BCUT2D eigenvalue weighted by atomic mass is 10.0. The van der Waals surface area contributed by atoms with Gasteiger partial charge in [0.15, 0.2) is 5.69 Å². The molecular weight excluding hydrogens is 287 g/mol. The molecule has 0 aliphatic carbocycles. The largest absolute Gasteiger partial charge is 0.433 e. The Morgan fingerprint density at radius 1 is 1.47 bits per heavy atom. The third-order valence-corrected chi connectivity index (χ3v) is 2.84. The fraction of sp³-hybridized carbons (Fsp3) is 0.600. The SMILES string of the molecule is OC1(CNc2cc(C(F)(F)F)nc(Cl)n2)CCOC1. The van der Waals surface area contributed by atoms with Gasteiger partial charge in [-0.3, -0.25) is 0 Å². The van der Waals surface area contributed by atoms with E-state index in [4.69, 9.17) is 16.3 Å². The molecule has 1 aliphatic heterocycles. The van der Waals surface area contributed by atoms with Crippen molar-refractivity contribution >= 4 is 17.4 Å². The molecule has 2 rings (SSSR count). The van der Waals surface area contributed by atoms with Crippen LogP contribution in [0.15, 0.2) is 6.07 Å². The standard InChI is InChI=1S/C10H11ClF3N3O2/c11-8-16-6(10(12,13)14)3-7(17-8)15-4-9(18)1-2-19-5-9/h3,18H,1-2,4-5H2,(H,15,16,17). The summed E-state index contributed by atoms with van der Waals surface area (Å²) in [4.78, 5) is 6.74. The minimum atomic E-state index is -4.60. The van der Waals surface area contributed by atoms with E-state index >= 15 is 0 Å². The highest BCUT2D eigenvalue weighted by atomic mass is 35.5. The summed E-state index contributed by atoms with van der Waals surface area (Å²) in [6.45, 7) is 0.569. The van der Waals surface area contributed by atoms with E-state index in [0.29, 0.717) is 13.0 Å². The lowest BCUT2D eigenvalue weighted by Gasteiger charge is -2.21. The third-order valence-electron chi connectivity index (χ3n) is 2.67. The molecule has 1 atom stereocenters. The van der Waals surface area contributed by atoms with Crippen LogP contribution in [0, 0.1) is 0 Å². The molecule has 1 aromatic rings. The molecule has 1 saturated heterocycles. The second-order valence-corrected chi connectivity index (χ2v) is 4.62. The van der Waals surface area contributed by atoms with Gasteiger partial charge in [-0.25, -0.2) is 9.97 Å². The molecule has 0 saturated carbocycles. The summed E-state index contributed by atoms with van der Waals surface area (Å²) >= 11 is 5.44. The van der Waals surface area contributed by atoms with Crippen molar-refractivity contribution < 1.29 is 23.0 Å². The van der Waals surface area contributed by atoms with E-state index in [9.17, 15) is 18.3 Å². The Morgan fingerprint density at radius 3 is 2.79 bits per heavy atom. The number of nitrogens with one attached hydrogen (secondary N) is 1. The smallest absolute Gasteiger partial charge is 0.386 e. The molecule has 0 amide bonds. The van der Waals surface area contributed by atoms with E-state index in [1.54, 1.807) is 0 Å². The zero-order valence-corrected chi connectivity index (χ0v) is 10.4. The fourth-order valence-corrected chi connectivity index (χ4v) is 1.83. The average molecular weight is 298 g/mol. The van der Waals surface area contributed by atoms with Gasteiger partial charge in [0, 0.05) is 25.6 Å². The number of aromatic nitrogens is 2. The van der Waals surface area contributed by atoms with Crippen LogP contribution in [0.2, 0.25) is 5.28 Å². The first-order valence-corrected chi connectivity index (χ1v) is 5.82. The number of hydrogen-bond donors (Lipinski definition) is 2. The maximum atomic E-state index is 12.5.